The zero-order valence-electron chi connectivity index (χ0n) is 15.6. The monoisotopic (exact) mass is 493 g/mol. The normalized spacial score (nSPS) is 12.1. The third-order valence-corrected chi connectivity index (χ3v) is 4.06. The van der Waals surface area contributed by atoms with Crippen molar-refractivity contribution in [3.05, 3.63) is 0 Å². The number of sulfonamides is 1. The highest BCUT2D eigenvalue weighted by atomic mass is 127. The van der Waals surface area contributed by atoms with E-state index in [1.807, 2.05) is 0 Å². The Morgan fingerprint density at radius 2 is 1.60 bits per heavy atom. The molecule has 0 aliphatic rings. The van der Waals surface area contributed by atoms with Crippen molar-refractivity contribution in [3.8, 4) is 0 Å². The number of hydrogen-bond acceptors (Lipinski definition) is 5. The summed E-state index contributed by atoms with van der Waals surface area (Å²) in [6, 6.07) is 0. The summed E-state index contributed by atoms with van der Waals surface area (Å²) in [5.41, 5.74) is -0.519. The first-order chi connectivity index (χ1) is 11.1. The Bertz CT molecular complexity index is 506. The molecule has 0 saturated heterocycles. The third-order valence-electron chi connectivity index (χ3n) is 2.66. The summed E-state index contributed by atoms with van der Waals surface area (Å²) < 4.78 is 30.1. The average Bonchev–Trinajstić information content (AvgIpc) is 2.47. The number of carbonyl (C=O) groups excluding carboxylic acids is 1. The number of amides is 1. The molecular formula is C14H32IN5O4S. The second kappa shape index (κ2) is 13.4. The maximum atomic E-state index is 11.5. The van der Waals surface area contributed by atoms with Crippen LogP contribution in [0, 0.1) is 0 Å². The number of carbonyl (C=O) groups is 1. The SMILES string of the molecule is CCS(=O)(=O)NCCCNC(=NC)NCCNC(=O)OC(C)(C)C.I. The fourth-order valence-corrected chi connectivity index (χ4v) is 2.16. The molecule has 0 fully saturated rings. The summed E-state index contributed by atoms with van der Waals surface area (Å²) in [5, 5.41) is 8.73. The van der Waals surface area contributed by atoms with Crippen LogP contribution >= 0.6 is 24.0 Å². The van der Waals surface area contributed by atoms with Gasteiger partial charge in [0.2, 0.25) is 10.0 Å². The average molecular weight is 493 g/mol. The topological polar surface area (TPSA) is 121 Å². The van der Waals surface area contributed by atoms with Gasteiger partial charge in [0.15, 0.2) is 5.96 Å². The van der Waals surface area contributed by atoms with E-state index in [9.17, 15) is 13.2 Å². The quantitative estimate of drug-likeness (QED) is 0.162. The zero-order valence-corrected chi connectivity index (χ0v) is 18.8. The molecule has 0 aromatic carbocycles. The summed E-state index contributed by atoms with van der Waals surface area (Å²) in [5.74, 6) is 0.660. The lowest BCUT2D eigenvalue weighted by Gasteiger charge is -2.19. The molecule has 25 heavy (non-hydrogen) atoms. The van der Waals surface area contributed by atoms with Gasteiger partial charge in [-0.1, -0.05) is 0 Å². The molecule has 0 saturated carbocycles. The second-order valence-corrected chi connectivity index (χ2v) is 8.10. The van der Waals surface area contributed by atoms with E-state index < -0.39 is 21.7 Å². The van der Waals surface area contributed by atoms with E-state index in [0.29, 0.717) is 38.6 Å². The number of alkyl carbamates (subject to hydrolysis) is 1. The Balaban J connectivity index is 0. The summed E-state index contributed by atoms with van der Waals surface area (Å²) in [4.78, 5) is 15.5. The van der Waals surface area contributed by atoms with Crippen LogP contribution < -0.4 is 20.7 Å². The molecule has 0 atom stereocenters. The molecule has 0 rings (SSSR count). The summed E-state index contributed by atoms with van der Waals surface area (Å²) in [7, 11) is -1.51. The molecule has 0 radical (unpaired) electrons. The van der Waals surface area contributed by atoms with Crippen LogP contribution in [-0.2, 0) is 14.8 Å². The molecule has 9 nitrogen and oxygen atoms in total. The van der Waals surface area contributed by atoms with Crippen LogP contribution in [-0.4, -0.2) is 65.1 Å². The van der Waals surface area contributed by atoms with Gasteiger partial charge in [-0.25, -0.2) is 17.9 Å². The third kappa shape index (κ3) is 16.4. The van der Waals surface area contributed by atoms with E-state index in [0.717, 1.165) is 0 Å². The van der Waals surface area contributed by atoms with Crippen molar-refractivity contribution in [2.45, 2.75) is 39.7 Å². The first-order valence-corrected chi connectivity index (χ1v) is 9.63. The lowest BCUT2D eigenvalue weighted by molar-refractivity contribution is 0.0529. The maximum absolute atomic E-state index is 11.5. The summed E-state index contributed by atoms with van der Waals surface area (Å²) in [6.45, 7) is 8.84. The van der Waals surface area contributed by atoms with Gasteiger partial charge in [0.25, 0.3) is 0 Å². The second-order valence-electron chi connectivity index (χ2n) is 6.01. The van der Waals surface area contributed by atoms with Crippen LogP contribution in [0.4, 0.5) is 4.79 Å². The number of nitrogens with one attached hydrogen (secondary N) is 4. The van der Waals surface area contributed by atoms with Crippen molar-refractivity contribution >= 4 is 46.1 Å². The smallest absolute Gasteiger partial charge is 0.407 e. The number of ether oxygens (including phenoxy) is 1. The molecule has 0 aliphatic heterocycles. The molecular weight excluding hydrogens is 461 g/mol. The van der Waals surface area contributed by atoms with Gasteiger partial charge in [0, 0.05) is 33.2 Å². The highest BCUT2D eigenvalue weighted by Gasteiger charge is 2.15. The largest absolute Gasteiger partial charge is 0.444 e. The molecule has 11 heteroatoms. The minimum Gasteiger partial charge on any atom is -0.444 e. The molecule has 0 spiro atoms. The Morgan fingerprint density at radius 3 is 2.12 bits per heavy atom. The number of rotatable bonds is 9. The Labute approximate surface area is 168 Å². The fraction of sp³-hybridized carbons (Fsp3) is 0.857. The predicted octanol–water partition coefficient (Wildman–Crippen LogP) is 0.624. The van der Waals surface area contributed by atoms with Gasteiger partial charge >= 0.3 is 6.09 Å². The highest BCUT2D eigenvalue weighted by Crippen LogP contribution is 2.05. The number of nitrogens with zero attached hydrogens (tertiary/aromatic N) is 1. The number of halogens is 1. The van der Waals surface area contributed by atoms with Crippen LogP contribution in [0.25, 0.3) is 0 Å². The van der Waals surface area contributed by atoms with Crippen molar-refractivity contribution < 1.29 is 17.9 Å². The minimum atomic E-state index is -3.14. The van der Waals surface area contributed by atoms with Gasteiger partial charge in [0.05, 0.1) is 5.75 Å². The van der Waals surface area contributed by atoms with Crippen molar-refractivity contribution in [1.29, 1.82) is 0 Å². The molecule has 0 unspecified atom stereocenters. The molecule has 1 amide bonds. The highest BCUT2D eigenvalue weighted by molar-refractivity contribution is 14.0. The number of hydrogen-bond donors (Lipinski definition) is 4. The van der Waals surface area contributed by atoms with Crippen LogP contribution in [0.2, 0.25) is 0 Å². The Kier molecular flexibility index (Phi) is 14.1. The van der Waals surface area contributed by atoms with E-state index >= 15 is 0 Å². The minimum absolute atomic E-state index is 0. The molecule has 150 valence electrons. The van der Waals surface area contributed by atoms with E-state index in [1.165, 1.54) is 0 Å². The first-order valence-electron chi connectivity index (χ1n) is 7.98. The fourth-order valence-electron chi connectivity index (χ4n) is 1.51. The van der Waals surface area contributed by atoms with E-state index in [4.69, 9.17) is 4.74 Å². The van der Waals surface area contributed by atoms with Crippen molar-refractivity contribution in [3.63, 3.8) is 0 Å². The van der Waals surface area contributed by atoms with Gasteiger partial charge in [-0.2, -0.15) is 0 Å². The van der Waals surface area contributed by atoms with Crippen LogP contribution in [0.1, 0.15) is 34.1 Å². The van der Waals surface area contributed by atoms with Gasteiger partial charge in [-0.05, 0) is 34.1 Å². The van der Waals surface area contributed by atoms with Crippen LogP contribution in [0.5, 0.6) is 0 Å². The molecule has 4 N–H and O–H groups in total. The zero-order chi connectivity index (χ0) is 18.6. The number of guanidine groups is 1. The van der Waals surface area contributed by atoms with Gasteiger partial charge in [-0.15, -0.1) is 24.0 Å². The molecule has 0 heterocycles. The molecule has 0 aliphatic carbocycles. The summed E-state index contributed by atoms with van der Waals surface area (Å²) >= 11 is 0. The predicted molar refractivity (Wildman–Crippen MR) is 111 cm³/mol. The lowest BCUT2D eigenvalue weighted by Crippen LogP contribution is -2.43. The summed E-state index contributed by atoms with van der Waals surface area (Å²) in [6.07, 6.45) is 0.172. The number of aliphatic imine (C=N–C) groups is 1. The van der Waals surface area contributed by atoms with E-state index in [1.54, 1.807) is 34.7 Å². The van der Waals surface area contributed by atoms with E-state index in [2.05, 4.69) is 25.7 Å². The van der Waals surface area contributed by atoms with Crippen LogP contribution in [0.15, 0.2) is 4.99 Å². The van der Waals surface area contributed by atoms with Gasteiger partial charge in [0.1, 0.15) is 5.60 Å². The van der Waals surface area contributed by atoms with Crippen LogP contribution in [0.3, 0.4) is 0 Å². The molecule has 0 aromatic rings. The first kappa shape index (κ1) is 26.4. The van der Waals surface area contributed by atoms with E-state index in [-0.39, 0.29) is 29.7 Å². The van der Waals surface area contributed by atoms with Crippen molar-refractivity contribution in [2.24, 2.45) is 4.99 Å². The Hall–Kier alpha value is -0.820. The Morgan fingerprint density at radius 1 is 1.04 bits per heavy atom. The maximum Gasteiger partial charge on any atom is 0.407 e. The van der Waals surface area contributed by atoms with Gasteiger partial charge in [-0.3, -0.25) is 4.99 Å². The van der Waals surface area contributed by atoms with Crippen molar-refractivity contribution in [2.75, 3.05) is 39.0 Å². The standard InChI is InChI=1S/C14H31N5O4S.HI/c1-6-24(21,22)19-9-7-8-16-12(15-5)17-10-11-18-13(20)23-14(2,3)4;/h19H,6-11H2,1-5H3,(H,18,20)(H2,15,16,17);1H. The lowest BCUT2D eigenvalue weighted by atomic mass is 10.2. The molecule has 0 aromatic heterocycles. The van der Waals surface area contributed by atoms with Gasteiger partial charge < -0.3 is 20.7 Å². The van der Waals surface area contributed by atoms with Crippen molar-refractivity contribution in [1.82, 2.24) is 20.7 Å². The molecule has 0 bridgehead atoms.